The minimum Gasteiger partial charge on any atom is -0.481 e. The first-order valence-corrected chi connectivity index (χ1v) is 16.0. The van der Waals surface area contributed by atoms with E-state index < -0.39 is 17.4 Å². The van der Waals surface area contributed by atoms with Gasteiger partial charge >= 0.3 is 11.9 Å². The van der Waals surface area contributed by atoms with Gasteiger partial charge in [-0.3, -0.25) is 4.79 Å². The summed E-state index contributed by atoms with van der Waals surface area (Å²) in [4.78, 5) is 24.4. The number of carbonyl (C=O) groups is 2. The first-order chi connectivity index (χ1) is 19.0. The van der Waals surface area contributed by atoms with E-state index in [0.29, 0.717) is 17.4 Å². The first kappa shape index (κ1) is 28.7. The molecule has 7 atom stereocenters. The van der Waals surface area contributed by atoms with Crippen LogP contribution in [0.3, 0.4) is 0 Å². The summed E-state index contributed by atoms with van der Waals surface area (Å²) in [7, 11) is 0. The zero-order valence-corrected chi connectivity index (χ0v) is 26.3. The van der Waals surface area contributed by atoms with Gasteiger partial charge < -0.3 is 10.2 Å². The number of benzene rings is 1. The fourth-order valence-corrected chi connectivity index (χ4v) is 11.5. The molecule has 6 rings (SSSR count). The van der Waals surface area contributed by atoms with E-state index in [2.05, 4.69) is 60.6 Å². The highest BCUT2D eigenvalue weighted by molar-refractivity contribution is 5.88. The molecule has 41 heavy (non-hydrogen) atoms. The van der Waals surface area contributed by atoms with Crippen molar-refractivity contribution in [1.29, 1.82) is 0 Å². The molecule has 0 bridgehead atoms. The highest BCUT2D eigenvalue weighted by atomic mass is 16.4. The van der Waals surface area contributed by atoms with Crippen molar-refractivity contribution in [2.75, 3.05) is 0 Å². The Morgan fingerprint density at radius 3 is 2.10 bits per heavy atom. The van der Waals surface area contributed by atoms with Gasteiger partial charge in [0, 0.05) is 0 Å². The molecule has 1 aromatic carbocycles. The number of carboxylic acid groups (broad SMARTS) is 2. The fraction of sp³-hybridized carbons (Fsp3) is 0.676. The lowest BCUT2D eigenvalue weighted by atomic mass is 9.34. The molecule has 1 aromatic rings. The monoisotopic (exact) mass is 558 g/mol. The van der Waals surface area contributed by atoms with Crippen molar-refractivity contribution in [3.05, 3.63) is 53.1 Å². The third kappa shape index (κ3) is 3.77. The van der Waals surface area contributed by atoms with E-state index in [0.717, 1.165) is 50.5 Å². The van der Waals surface area contributed by atoms with Gasteiger partial charge in [-0.2, -0.15) is 0 Å². The fourth-order valence-electron chi connectivity index (χ4n) is 11.5. The molecule has 0 heterocycles. The maximum Gasteiger partial charge on any atom is 0.335 e. The Kier molecular flexibility index (Phi) is 6.19. The second-order valence-corrected chi connectivity index (χ2v) is 16.6. The number of hydrogen-bond acceptors (Lipinski definition) is 2. The second-order valence-electron chi connectivity index (χ2n) is 16.6. The van der Waals surface area contributed by atoms with Crippen molar-refractivity contribution in [1.82, 2.24) is 0 Å². The third-order valence-electron chi connectivity index (χ3n) is 14.1. The molecule has 4 nitrogen and oxygen atoms in total. The van der Waals surface area contributed by atoms with Crippen molar-refractivity contribution < 1.29 is 19.8 Å². The van der Waals surface area contributed by atoms with Gasteiger partial charge in [0.25, 0.3) is 0 Å². The van der Waals surface area contributed by atoms with Gasteiger partial charge in [0.05, 0.1) is 11.0 Å². The predicted octanol–water partition coefficient (Wildman–Crippen LogP) is 9.26. The van der Waals surface area contributed by atoms with E-state index in [9.17, 15) is 19.8 Å². The Morgan fingerprint density at radius 2 is 1.46 bits per heavy atom. The van der Waals surface area contributed by atoms with E-state index in [-0.39, 0.29) is 33.0 Å². The van der Waals surface area contributed by atoms with Crippen LogP contribution >= 0.6 is 0 Å². The van der Waals surface area contributed by atoms with Gasteiger partial charge in [-0.25, -0.2) is 4.79 Å². The zero-order valence-electron chi connectivity index (χ0n) is 26.3. The van der Waals surface area contributed by atoms with E-state index in [1.807, 2.05) is 12.1 Å². The molecule has 0 saturated heterocycles. The highest BCUT2D eigenvalue weighted by Gasteiger charge is 2.68. The van der Waals surface area contributed by atoms with Gasteiger partial charge in [0.15, 0.2) is 0 Å². The standard InChI is InChI=1S/C37H50O4/c1-32(2)18-20-37(31(40)41)21-19-35(6)26(27(37)22-32)12-13-29-34(5)16-14-25(23-8-10-24(11-9-23)30(38)39)33(3,4)28(34)15-17-36(29,35)7/h8-12,14,27-29H,13,15-22H2,1-7H3,(H,38,39)(H,40,41)/t27-,28-,29+,34-,35+,36+,37-/m0/s1. The number of rotatable bonds is 3. The molecular formula is C37H50O4. The minimum absolute atomic E-state index is 0.0254. The van der Waals surface area contributed by atoms with E-state index in [1.54, 1.807) is 12.1 Å². The maximum absolute atomic E-state index is 12.9. The number of fused-ring (bicyclic) bond motifs is 7. The number of carboxylic acids is 2. The van der Waals surface area contributed by atoms with Crippen LogP contribution < -0.4 is 0 Å². The molecule has 3 fully saturated rings. The normalized spacial score (nSPS) is 42.4. The third-order valence-corrected chi connectivity index (χ3v) is 14.1. The smallest absolute Gasteiger partial charge is 0.335 e. The largest absolute Gasteiger partial charge is 0.481 e. The highest BCUT2D eigenvalue weighted by Crippen LogP contribution is 2.76. The van der Waals surface area contributed by atoms with Crippen LogP contribution in [0.15, 0.2) is 42.0 Å². The van der Waals surface area contributed by atoms with Crippen LogP contribution in [0.5, 0.6) is 0 Å². The number of aliphatic carboxylic acids is 1. The quantitative estimate of drug-likeness (QED) is 0.363. The average Bonchev–Trinajstić information content (AvgIpc) is 2.88. The van der Waals surface area contributed by atoms with Crippen LogP contribution in [-0.2, 0) is 4.79 Å². The van der Waals surface area contributed by atoms with Crippen LogP contribution in [0.1, 0.15) is 122 Å². The molecule has 5 aliphatic carbocycles. The summed E-state index contributed by atoms with van der Waals surface area (Å²) in [5.74, 6) is -0.226. The molecule has 4 heteroatoms. The summed E-state index contributed by atoms with van der Waals surface area (Å²) in [5.41, 5.74) is 4.21. The van der Waals surface area contributed by atoms with Gasteiger partial charge in [0.2, 0.25) is 0 Å². The molecule has 2 N–H and O–H groups in total. The Bertz CT molecular complexity index is 1350. The molecule has 0 unspecified atom stereocenters. The van der Waals surface area contributed by atoms with E-state index >= 15 is 0 Å². The maximum atomic E-state index is 12.9. The van der Waals surface area contributed by atoms with Crippen molar-refractivity contribution in [2.45, 2.75) is 106 Å². The first-order valence-electron chi connectivity index (χ1n) is 16.0. The lowest BCUT2D eigenvalue weighted by molar-refractivity contribution is -0.177. The van der Waals surface area contributed by atoms with Crippen molar-refractivity contribution in [3.63, 3.8) is 0 Å². The van der Waals surface area contributed by atoms with Crippen molar-refractivity contribution in [2.24, 2.45) is 50.2 Å². The second kappa shape index (κ2) is 8.83. The minimum atomic E-state index is -0.883. The molecular weight excluding hydrogens is 508 g/mol. The van der Waals surface area contributed by atoms with Crippen molar-refractivity contribution >= 4 is 17.5 Å². The summed E-state index contributed by atoms with van der Waals surface area (Å²) < 4.78 is 0. The average molecular weight is 559 g/mol. The molecule has 222 valence electrons. The molecule has 3 saturated carbocycles. The Hall–Kier alpha value is -2.36. The molecule has 5 aliphatic rings. The molecule has 0 spiro atoms. The topological polar surface area (TPSA) is 74.6 Å². The van der Waals surface area contributed by atoms with Gasteiger partial charge in [-0.05, 0) is 126 Å². The summed E-state index contributed by atoms with van der Waals surface area (Å²) in [6, 6.07) is 7.46. The lowest BCUT2D eigenvalue weighted by Gasteiger charge is -2.70. The Balaban J connectivity index is 1.40. The van der Waals surface area contributed by atoms with Crippen LogP contribution in [0, 0.1) is 50.2 Å². The van der Waals surface area contributed by atoms with Crippen LogP contribution in [-0.4, -0.2) is 22.2 Å². The molecule has 0 amide bonds. The molecule has 0 aromatic heterocycles. The predicted molar refractivity (Wildman–Crippen MR) is 163 cm³/mol. The van der Waals surface area contributed by atoms with Crippen LogP contribution in [0.4, 0.5) is 0 Å². The van der Waals surface area contributed by atoms with Gasteiger partial charge in [0.1, 0.15) is 0 Å². The van der Waals surface area contributed by atoms with Crippen LogP contribution in [0.25, 0.3) is 5.57 Å². The number of aromatic carboxylic acids is 1. The number of hydrogen-bond donors (Lipinski definition) is 2. The molecule has 0 radical (unpaired) electrons. The van der Waals surface area contributed by atoms with Crippen molar-refractivity contribution in [3.8, 4) is 0 Å². The summed E-state index contributed by atoms with van der Waals surface area (Å²) in [6.07, 6.45) is 14.0. The van der Waals surface area contributed by atoms with Crippen LogP contribution in [0.2, 0.25) is 0 Å². The summed E-state index contributed by atoms with van der Waals surface area (Å²) in [6.45, 7) is 17.1. The Morgan fingerprint density at radius 1 is 0.805 bits per heavy atom. The van der Waals surface area contributed by atoms with Gasteiger partial charge in [-0.15, -0.1) is 0 Å². The SMILES string of the molecule is CC1(C)CC[C@]2(C(=O)O)CC[C@]3(C)C(=CC[C@@H]4[C@@]5(C)CC=C(c6ccc(C(=O)O)cc6)C(C)(C)[C@@H]5CC[C@]43C)[C@@H]2C1. The molecule has 0 aliphatic heterocycles. The number of allylic oxidation sites excluding steroid dienone is 4. The summed E-state index contributed by atoms with van der Waals surface area (Å²) >= 11 is 0. The van der Waals surface area contributed by atoms with Gasteiger partial charge in [-0.1, -0.05) is 78.3 Å². The van der Waals surface area contributed by atoms with E-state index in [4.69, 9.17) is 0 Å². The Labute approximate surface area is 246 Å². The summed E-state index contributed by atoms with van der Waals surface area (Å²) in [5, 5.41) is 20.0. The lowest BCUT2D eigenvalue weighted by Crippen LogP contribution is -2.63. The van der Waals surface area contributed by atoms with E-state index in [1.165, 1.54) is 24.0 Å². The zero-order chi connectivity index (χ0) is 29.8.